The molecule has 0 saturated carbocycles. The van der Waals surface area contributed by atoms with Crippen LogP contribution in [-0.4, -0.2) is 55.2 Å². The summed E-state index contributed by atoms with van der Waals surface area (Å²) < 4.78 is 0. The number of para-hydroxylation sites is 1. The Hall–Kier alpha value is -1.37. The lowest BCUT2D eigenvalue weighted by molar-refractivity contribution is -0.895. The van der Waals surface area contributed by atoms with Crippen molar-refractivity contribution in [2.24, 2.45) is 5.92 Å². The number of hydrogen-bond acceptors (Lipinski definition) is 2. The molecule has 1 aromatic carbocycles. The standard InChI is InChI=1S/C21H33ClN4OS/c1-3-5-8-17(4-2)15-23-21(28)26-13-11-25(12-14-26)16-20(27)24-19-10-7-6-9-18(19)22/h6-7,9-10,17H,3-5,8,11-16H2,1-2H3,(H,23,28)(H,24,27)/p+1/t17-/m0/s1. The molecule has 2 rings (SSSR count). The van der Waals surface area contributed by atoms with Gasteiger partial charge in [0, 0.05) is 6.54 Å². The maximum Gasteiger partial charge on any atom is 0.279 e. The van der Waals surface area contributed by atoms with Gasteiger partial charge in [-0.1, -0.05) is 56.8 Å². The van der Waals surface area contributed by atoms with Gasteiger partial charge in [-0.2, -0.15) is 0 Å². The summed E-state index contributed by atoms with van der Waals surface area (Å²) in [5, 5.41) is 7.79. The summed E-state index contributed by atoms with van der Waals surface area (Å²) in [5.74, 6) is 0.692. The number of carbonyl (C=O) groups is 1. The van der Waals surface area contributed by atoms with Crippen molar-refractivity contribution < 1.29 is 9.69 Å². The van der Waals surface area contributed by atoms with Gasteiger partial charge in [-0.15, -0.1) is 0 Å². The fraction of sp³-hybridized carbons (Fsp3) is 0.619. The highest BCUT2D eigenvalue weighted by Gasteiger charge is 2.24. The summed E-state index contributed by atoms with van der Waals surface area (Å²) in [5.41, 5.74) is 0.672. The zero-order valence-electron chi connectivity index (χ0n) is 17.1. The number of anilines is 1. The molecular formula is C21H34ClN4OS+. The Morgan fingerprint density at radius 2 is 2.00 bits per heavy atom. The topological polar surface area (TPSA) is 48.8 Å². The molecule has 0 bridgehead atoms. The fourth-order valence-electron chi connectivity index (χ4n) is 3.47. The molecule has 0 aromatic heterocycles. The van der Waals surface area contributed by atoms with Crippen LogP contribution in [0.3, 0.4) is 0 Å². The Kier molecular flexibility index (Phi) is 10.0. The van der Waals surface area contributed by atoms with Crippen LogP contribution in [0.5, 0.6) is 0 Å². The number of piperazine rings is 1. The van der Waals surface area contributed by atoms with Crippen LogP contribution in [0.4, 0.5) is 5.69 Å². The highest BCUT2D eigenvalue weighted by Crippen LogP contribution is 2.19. The molecule has 0 aliphatic carbocycles. The van der Waals surface area contributed by atoms with Crippen molar-refractivity contribution >= 4 is 40.5 Å². The SMILES string of the molecule is CCCC[C@H](CC)CNC(=S)N1CC[NH+](CC(=O)Nc2ccccc2Cl)CC1. The molecule has 1 aliphatic heterocycles. The molecular weight excluding hydrogens is 392 g/mol. The van der Waals surface area contributed by atoms with Gasteiger partial charge < -0.3 is 20.4 Å². The molecule has 0 unspecified atom stereocenters. The maximum atomic E-state index is 12.3. The van der Waals surface area contributed by atoms with Crippen molar-refractivity contribution in [3.63, 3.8) is 0 Å². The second kappa shape index (κ2) is 12.2. The minimum atomic E-state index is -0.000960. The Morgan fingerprint density at radius 3 is 2.64 bits per heavy atom. The van der Waals surface area contributed by atoms with Crippen molar-refractivity contribution in [3.8, 4) is 0 Å². The monoisotopic (exact) mass is 425 g/mol. The van der Waals surface area contributed by atoms with Crippen molar-refractivity contribution in [3.05, 3.63) is 29.3 Å². The van der Waals surface area contributed by atoms with E-state index < -0.39 is 0 Å². The molecule has 0 spiro atoms. The quantitative estimate of drug-likeness (QED) is 0.532. The van der Waals surface area contributed by atoms with E-state index in [1.54, 1.807) is 6.07 Å². The van der Waals surface area contributed by atoms with Gasteiger partial charge in [-0.3, -0.25) is 4.79 Å². The molecule has 28 heavy (non-hydrogen) atoms. The number of nitrogens with zero attached hydrogens (tertiary/aromatic N) is 1. The van der Waals surface area contributed by atoms with E-state index in [9.17, 15) is 4.79 Å². The third kappa shape index (κ3) is 7.57. The zero-order chi connectivity index (χ0) is 20.4. The van der Waals surface area contributed by atoms with Crippen molar-refractivity contribution in [1.29, 1.82) is 0 Å². The van der Waals surface area contributed by atoms with E-state index >= 15 is 0 Å². The van der Waals surface area contributed by atoms with Crippen LogP contribution < -0.4 is 15.5 Å². The van der Waals surface area contributed by atoms with Gasteiger partial charge in [0.25, 0.3) is 5.91 Å². The lowest BCUT2D eigenvalue weighted by Gasteiger charge is -2.34. The Morgan fingerprint density at radius 1 is 1.29 bits per heavy atom. The molecule has 5 nitrogen and oxygen atoms in total. The van der Waals surface area contributed by atoms with Crippen LogP contribution >= 0.6 is 23.8 Å². The highest BCUT2D eigenvalue weighted by molar-refractivity contribution is 7.80. The van der Waals surface area contributed by atoms with Crippen molar-refractivity contribution in [2.75, 3.05) is 44.6 Å². The van der Waals surface area contributed by atoms with Crippen LogP contribution in [0.2, 0.25) is 5.02 Å². The average molecular weight is 426 g/mol. The first-order valence-corrected chi connectivity index (χ1v) is 11.2. The third-order valence-corrected chi connectivity index (χ3v) is 6.13. The van der Waals surface area contributed by atoms with E-state index in [1.165, 1.54) is 30.6 Å². The molecule has 1 atom stereocenters. The summed E-state index contributed by atoms with van der Waals surface area (Å²) in [4.78, 5) is 15.8. The molecule has 1 heterocycles. The molecule has 156 valence electrons. The summed E-state index contributed by atoms with van der Waals surface area (Å²) in [6.07, 6.45) is 4.98. The first-order chi connectivity index (χ1) is 13.5. The lowest BCUT2D eigenvalue weighted by atomic mass is 9.99. The molecule has 0 radical (unpaired) electrons. The maximum absolute atomic E-state index is 12.3. The molecule has 1 aromatic rings. The van der Waals surface area contributed by atoms with E-state index in [0.29, 0.717) is 23.2 Å². The van der Waals surface area contributed by atoms with Gasteiger partial charge in [-0.25, -0.2) is 0 Å². The number of quaternary nitrogens is 1. The average Bonchev–Trinajstić information content (AvgIpc) is 2.70. The minimum absolute atomic E-state index is 0.000960. The number of unbranched alkanes of at least 4 members (excludes halogenated alkanes) is 1. The smallest absolute Gasteiger partial charge is 0.279 e. The van der Waals surface area contributed by atoms with Gasteiger partial charge >= 0.3 is 0 Å². The Balaban J connectivity index is 1.69. The van der Waals surface area contributed by atoms with Gasteiger partial charge in [0.2, 0.25) is 0 Å². The van der Waals surface area contributed by atoms with Gasteiger partial charge in [0.15, 0.2) is 11.7 Å². The predicted molar refractivity (Wildman–Crippen MR) is 121 cm³/mol. The summed E-state index contributed by atoms with van der Waals surface area (Å²) in [7, 11) is 0. The first-order valence-electron chi connectivity index (χ1n) is 10.4. The third-order valence-electron chi connectivity index (χ3n) is 5.40. The van der Waals surface area contributed by atoms with E-state index in [-0.39, 0.29) is 5.91 Å². The number of amides is 1. The second-order valence-corrected chi connectivity index (χ2v) is 8.34. The van der Waals surface area contributed by atoms with Crippen LogP contribution in [0.15, 0.2) is 24.3 Å². The number of nitrogens with one attached hydrogen (secondary N) is 3. The van der Waals surface area contributed by atoms with Crippen LogP contribution in [0, 0.1) is 5.92 Å². The second-order valence-electron chi connectivity index (χ2n) is 7.54. The van der Waals surface area contributed by atoms with E-state index in [0.717, 1.165) is 37.8 Å². The van der Waals surface area contributed by atoms with E-state index in [4.69, 9.17) is 23.8 Å². The number of carbonyl (C=O) groups excluding carboxylic acids is 1. The molecule has 1 saturated heterocycles. The summed E-state index contributed by atoms with van der Waals surface area (Å²) >= 11 is 11.7. The predicted octanol–water partition coefficient (Wildman–Crippen LogP) is 2.57. The molecule has 3 N–H and O–H groups in total. The van der Waals surface area contributed by atoms with E-state index in [1.807, 2.05) is 18.2 Å². The number of thiocarbonyl (C=S) groups is 1. The van der Waals surface area contributed by atoms with Crippen LogP contribution in [-0.2, 0) is 4.79 Å². The number of halogens is 1. The van der Waals surface area contributed by atoms with Gasteiger partial charge in [0.05, 0.1) is 36.9 Å². The summed E-state index contributed by atoms with van der Waals surface area (Å²) in [6, 6.07) is 7.32. The van der Waals surface area contributed by atoms with Crippen molar-refractivity contribution in [1.82, 2.24) is 10.2 Å². The fourth-order valence-corrected chi connectivity index (χ4v) is 3.92. The molecule has 1 aliphatic rings. The Labute approximate surface area is 179 Å². The molecule has 7 heteroatoms. The molecule has 1 amide bonds. The summed E-state index contributed by atoms with van der Waals surface area (Å²) in [6.45, 7) is 9.48. The number of hydrogen-bond donors (Lipinski definition) is 3. The lowest BCUT2D eigenvalue weighted by Crippen LogP contribution is -3.15. The Bertz CT molecular complexity index is 635. The van der Waals surface area contributed by atoms with Crippen molar-refractivity contribution in [2.45, 2.75) is 39.5 Å². The van der Waals surface area contributed by atoms with E-state index in [2.05, 4.69) is 29.4 Å². The van der Waals surface area contributed by atoms with Crippen LogP contribution in [0.1, 0.15) is 39.5 Å². The molecule has 1 fully saturated rings. The number of benzene rings is 1. The highest BCUT2D eigenvalue weighted by atomic mass is 35.5. The minimum Gasteiger partial charge on any atom is -0.362 e. The van der Waals surface area contributed by atoms with Crippen LogP contribution in [0.25, 0.3) is 0 Å². The van der Waals surface area contributed by atoms with Gasteiger partial charge in [0.1, 0.15) is 0 Å². The van der Waals surface area contributed by atoms with Gasteiger partial charge in [-0.05, 0) is 36.7 Å². The first kappa shape index (κ1) is 22.9. The zero-order valence-corrected chi connectivity index (χ0v) is 18.7. The normalized spacial score (nSPS) is 15.9. The number of rotatable bonds is 9. The largest absolute Gasteiger partial charge is 0.362 e.